The monoisotopic (exact) mass is 471 g/mol. The van der Waals surface area contributed by atoms with E-state index >= 15 is 0 Å². The van der Waals surface area contributed by atoms with E-state index in [-0.39, 0.29) is 24.2 Å². The standard InChI is InChI=1S/C23H28F3NO4S/c1-4-5-6-13-22(28)27(17(2)3)16-18-9-7-11-20(14-18)31-32(29,30)21-12-8-10-19(15-21)23(24,25)26/h7-12,14-15,17H,4-6,13,16H2,1-3H3. The van der Waals surface area contributed by atoms with Gasteiger partial charge in [0.05, 0.1) is 5.56 Å². The maximum absolute atomic E-state index is 12.9. The second kappa shape index (κ2) is 10.8. The van der Waals surface area contributed by atoms with Crippen molar-refractivity contribution < 1.29 is 30.6 Å². The molecule has 0 saturated carbocycles. The molecule has 0 fully saturated rings. The van der Waals surface area contributed by atoms with Crippen LogP contribution in [0.3, 0.4) is 0 Å². The maximum Gasteiger partial charge on any atom is 0.416 e. The molecule has 0 unspecified atom stereocenters. The van der Waals surface area contributed by atoms with Crippen molar-refractivity contribution >= 4 is 16.0 Å². The zero-order chi connectivity index (χ0) is 23.9. The van der Waals surface area contributed by atoms with Crippen molar-refractivity contribution in [3.05, 3.63) is 59.7 Å². The molecule has 9 heteroatoms. The van der Waals surface area contributed by atoms with Crippen molar-refractivity contribution in [2.45, 2.75) is 70.1 Å². The van der Waals surface area contributed by atoms with E-state index in [1.165, 1.54) is 12.1 Å². The minimum Gasteiger partial charge on any atom is -0.379 e. The Morgan fingerprint density at radius 1 is 1.06 bits per heavy atom. The molecule has 0 spiro atoms. The highest BCUT2D eigenvalue weighted by Gasteiger charge is 2.32. The van der Waals surface area contributed by atoms with Gasteiger partial charge in [-0.3, -0.25) is 4.79 Å². The first kappa shape index (κ1) is 25.7. The van der Waals surface area contributed by atoms with Crippen LogP contribution in [0.15, 0.2) is 53.4 Å². The minimum atomic E-state index is -4.67. The number of hydrogen-bond acceptors (Lipinski definition) is 4. The highest BCUT2D eigenvalue weighted by Crippen LogP contribution is 2.31. The molecule has 0 saturated heterocycles. The first-order chi connectivity index (χ1) is 14.9. The van der Waals surface area contributed by atoms with Crippen LogP contribution in [0.1, 0.15) is 57.6 Å². The van der Waals surface area contributed by atoms with Gasteiger partial charge in [-0.1, -0.05) is 38.0 Å². The number of nitrogens with zero attached hydrogens (tertiary/aromatic N) is 1. The van der Waals surface area contributed by atoms with Crippen molar-refractivity contribution in [3.8, 4) is 5.75 Å². The van der Waals surface area contributed by atoms with Crippen molar-refractivity contribution in [3.63, 3.8) is 0 Å². The molecule has 0 atom stereocenters. The normalized spacial score (nSPS) is 12.1. The van der Waals surface area contributed by atoms with E-state index in [9.17, 15) is 26.4 Å². The third-order valence-corrected chi connectivity index (χ3v) is 6.09. The topological polar surface area (TPSA) is 63.7 Å². The highest BCUT2D eigenvalue weighted by molar-refractivity contribution is 7.87. The molecule has 1 amide bonds. The molecule has 5 nitrogen and oxygen atoms in total. The molecule has 0 aliphatic rings. The summed E-state index contributed by atoms with van der Waals surface area (Å²) in [6.07, 6.45) is -1.46. The first-order valence-electron chi connectivity index (χ1n) is 10.4. The number of alkyl halides is 3. The number of hydrogen-bond donors (Lipinski definition) is 0. The fraction of sp³-hybridized carbons (Fsp3) is 0.435. The van der Waals surface area contributed by atoms with Crippen LogP contribution in [0.25, 0.3) is 0 Å². The second-order valence-corrected chi connectivity index (χ2v) is 9.33. The van der Waals surface area contributed by atoms with E-state index in [1.807, 2.05) is 13.8 Å². The Hall–Kier alpha value is -2.55. The molecule has 2 aromatic rings. The highest BCUT2D eigenvalue weighted by atomic mass is 32.2. The summed E-state index contributed by atoms with van der Waals surface area (Å²) in [6.45, 7) is 6.12. The number of benzene rings is 2. The molecule has 0 N–H and O–H groups in total. The molecule has 0 aromatic heterocycles. The van der Waals surface area contributed by atoms with Crippen LogP contribution in [0.4, 0.5) is 13.2 Å². The Morgan fingerprint density at radius 3 is 2.38 bits per heavy atom. The predicted octanol–water partition coefficient (Wildman–Crippen LogP) is 5.79. The first-order valence-corrected chi connectivity index (χ1v) is 11.8. The summed E-state index contributed by atoms with van der Waals surface area (Å²) in [4.78, 5) is 13.7. The molecular weight excluding hydrogens is 443 g/mol. The number of carbonyl (C=O) groups is 1. The van der Waals surface area contributed by atoms with Crippen molar-refractivity contribution in [2.24, 2.45) is 0 Å². The molecule has 176 valence electrons. The Kier molecular flexibility index (Phi) is 8.72. The Labute approximate surface area is 187 Å². The van der Waals surface area contributed by atoms with E-state index in [2.05, 4.69) is 6.92 Å². The largest absolute Gasteiger partial charge is 0.416 e. The molecule has 0 aliphatic carbocycles. The molecule has 2 rings (SSSR count). The molecule has 32 heavy (non-hydrogen) atoms. The Morgan fingerprint density at radius 2 is 1.75 bits per heavy atom. The van der Waals surface area contributed by atoms with E-state index in [1.54, 1.807) is 17.0 Å². The average Bonchev–Trinajstić information content (AvgIpc) is 2.71. The molecule has 0 aliphatic heterocycles. The summed E-state index contributed by atoms with van der Waals surface area (Å²) < 4.78 is 68.9. The summed E-state index contributed by atoms with van der Waals surface area (Å²) in [5.41, 5.74) is -0.427. The summed E-state index contributed by atoms with van der Waals surface area (Å²) in [7, 11) is -4.47. The zero-order valence-corrected chi connectivity index (χ0v) is 19.2. The number of unbranched alkanes of at least 4 members (excludes halogenated alkanes) is 2. The summed E-state index contributed by atoms with van der Waals surface area (Å²) in [5.74, 6) is -0.0293. The van der Waals surface area contributed by atoms with Gasteiger partial charge in [0.25, 0.3) is 0 Å². The zero-order valence-electron chi connectivity index (χ0n) is 18.4. The van der Waals surface area contributed by atoms with E-state index < -0.39 is 26.8 Å². The lowest BCUT2D eigenvalue weighted by Crippen LogP contribution is -2.36. The maximum atomic E-state index is 12.9. The van der Waals surface area contributed by atoms with Gasteiger partial charge >= 0.3 is 16.3 Å². The smallest absolute Gasteiger partial charge is 0.379 e. The van der Waals surface area contributed by atoms with Crippen LogP contribution in [0.2, 0.25) is 0 Å². The molecule has 0 heterocycles. The summed E-state index contributed by atoms with van der Waals surface area (Å²) in [6, 6.07) is 9.51. The number of rotatable bonds is 10. The third kappa shape index (κ3) is 7.25. The van der Waals surface area contributed by atoms with Crippen LogP contribution in [-0.2, 0) is 27.6 Å². The van der Waals surface area contributed by atoms with Gasteiger partial charge in [-0.25, -0.2) is 0 Å². The average molecular weight is 472 g/mol. The SMILES string of the molecule is CCCCCC(=O)N(Cc1cccc(OS(=O)(=O)c2cccc(C(F)(F)F)c2)c1)C(C)C. The lowest BCUT2D eigenvalue weighted by Gasteiger charge is -2.27. The predicted molar refractivity (Wildman–Crippen MR) is 116 cm³/mol. The van der Waals surface area contributed by atoms with Crippen LogP contribution in [-0.4, -0.2) is 25.3 Å². The van der Waals surface area contributed by atoms with Gasteiger partial charge in [-0.15, -0.1) is 0 Å². The van der Waals surface area contributed by atoms with E-state index in [0.717, 1.165) is 37.5 Å². The molecule has 0 bridgehead atoms. The van der Waals surface area contributed by atoms with Crippen LogP contribution in [0.5, 0.6) is 5.75 Å². The van der Waals surface area contributed by atoms with E-state index in [0.29, 0.717) is 18.1 Å². The van der Waals surface area contributed by atoms with Gasteiger partial charge in [0.15, 0.2) is 0 Å². The Bertz CT molecular complexity index is 1020. The van der Waals surface area contributed by atoms with Crippen LogP contribution in [0, 0.1) is 0 Å². The molecular formula is C23H28F3NO4S. The van der Waals surface area contributed by atoms with E-state index in [4.69, 9.17) is 4.18 Å². The number of amides is 1. The second-order valence-electron chi connectivity index (χ2n) is 7.78. The van der Waals surface area contributed by atoms with Gasteiger partial charge < -0.3 is 9.08 Å². The third-order valence-electron chi connectivity index (χ3n) is 4.85. The van der Waals surface area contributed by atoms with Gasteiger partial charge in [-0.05, 0) is 56.2 Å². The number of carbonyl (C=O) groups excluding carboxylic acids is 1. The van der Waals surface area contributed by atoms with Gasteiger partial charge in [0, 0.05) is 19.0 Å². The van der Waals surface area contributed by atoms with Crippen molar-refractivity contribution in [1.29, 1.82) is 0 Å². The summed E-state index contributed by atoms with van der Waals surface area (Å²) in [5, 5.41) is 0. The van der Waals surface area contributed by atoms with Crippen molar-refractivity contribution in [1.82, 2.24) is 4.90 Å². The summed E-state index contributed by atoms with van der Waals surface area (Å²) >= 11 is 0. The molecule has 0 radical (unpaired) electrons. The van der Waals surface area contributed by atoms with Gasteiger partial charge in [-0.2, -0.15) is 21.6 Å². The van der Waals surface area contributed by atoms with Crippen LogP contribution < -0.4 is 4.18 Å². The van der Waals surface area contributed by atoms with Gasteiger partial charge in [0.1, 0.15) is 10.6 Å². The Balaban J connectivity index is 2.19. The molecule has 2 aromatic carbocycles. The van der Waals surface area contributed by atoms with Crippen molar-refractivity contribution in [2.75, 3.05) is 0 Å². The fourth-order valence-corrected chi connectivity index (χ4v) is 4.09. The van der Waals surface area contributed by atoms with Crippen LogP contribution >= 0.6 is 0 Å². The number of halogens is 3. The minimum absolute atomic E-state index is 0.0105. The lowest BCUT2D eigenvalue weighted by molar-refractivity contribution is -0.137. The fourth-order valence-electron chi connectivity index (χ4n) is 3.12. The quantitative estimate of drug-likeness (QED) is 0.325. The van der Waals surface area contributed by atoms with Gasteiger partial charge in [0.2, 0.25) is 5.91 Å². The lowest BCUT2D eigenvalue weighted by atomic mass is 10.1.